The molecular weight excluding hydrogens is 376 g/mol. The van der Waals surface area contributed by atoms with Gasteiger partial charge in [-0.3, -0.25) is 10.1 Å². The van der Waals surface area contributed by atoms with Gasteiger partial charge in [0.15, 0.2) is 0 Å². The van der Waals surface area contributed by atoms with Crippen LogP contribution in [0.25, 0.3) is 0 Å². The number of hydrogen-bond acceptors (Lipinski definition) is 4. The number of halogens is 1. The molecule has 6 nitrogen and oxygen atoms in total. The van der Waals surface area contributed by atoms with Crippen molar-refractivity contribution in [3.05, 3.63) is 33.3 Å². The molecule has 0 amide bonds. The predicted octanol–water partition coefficient (Wildman–Crippen LogP) is 3.99. The van der Waals surface area contributed by atoms with Crippen LogP contribution in [0, 0.1) is 39.7 Å². The van der Waals surface area contributed by atoms with Gasteiger partial charge in [-0.1, -0.05) is 11.6 Å². The molecule has 0 aromatic heterocycles. The number of nitrogens with one attached hydrogen (secondary N) is 1. The van der Waals surface area contributed by atoms with Crippen LogP contribution in [0.5, 0.6) is 0 Å². The summed E-state index contributed by atoms with van der Waals surface area (Å²) in [5, 5.41) is 11.0. The summed E-state index contributed by atoms with van der Waals surface area (Å²) in [6.45, 7) is 1.94. The molecule has 4 bridgehead atoms. The van der Waals surface area contributed by atoms with Gasteiger partial charge in [-0.15, -0.1) is 0 Å². The molecule has 0 heterocycles. The third kappa shape index (κ3) is 3.14. The van der Waals surface area contributed by atoms with Crippen molar-refractivity contribution < 1.29 is 13.3 Å². The number of sulfonamides is 1. The van der Waals surface area contributed by atoms with Crippen LogP contribution < -0.4 is 4.72 Å². The van der Waals surface area contributed by atoms with Gasteiger partial charge in [0, 0.05) is 12.1 Å². The Bertz CT molecular complexity index is 814. The standard InChI is InChI=1S/C18H23ClN2O4S/c1-10(18-13-5-11-4-12(7-13)8-14(18)6-11)20-26(24,25)15-2-3-16(19)17(9-15)21(22)23/h2-3,9-14,18,20H,4-8H2,1H3/t10-,11?,12?,13?,14?,18?/m0/s1. The molecule has 0 unspecified atom stereocenters. The molecule has 0 spiro atoms. The van der Waals surface area contributed by atoms with E-state index in [4.69, 9.17) is 11.6 Å². The van der Waals surface area contributed by atoms with Crippen LogP contribution in [0.2, 0.25) is 5.02 Å². The molecule has 4 fully saturated rings. The molecule has 0 saturated heterocycles. The van der Waals surface area contributed by atoms with Crippen molar-refractivity contribution in [1.82, 2.24) is 4.72 Å². The number of rotatable bonds is 5. The second-order valence-corrected chi connectivity index (χ2v) is 10.4. The molecule has 26 heavy (non-hydrogen) atoms. The zero-order valence-corrected chi connectivity index (χ0v) is 16.2. The lowest BCUT2D eigenvalue weighted by Crippen LogP contribution is -2.52. The van der Waals surface area contributed by atoms with Gasteiger partial charge in [-0.25, -0.2) is 13.1 Å². The van der Waals surface area contributed by atoms with E-state index >= 15 is 0 Å². The highest BCUT2D eigenvalue weighted by Crippen LogP contribution is 2.57. The smallest absolute Gasteiger partial charge is 0.258 e. The van der Waals surface area contributed by atoms with Gasteiger partial charge >= 0.3 is 0 Å². The molecule has 1 aromatic rings. The molecule has 5 rings (SSSR count). The number of nitrogens with zero attached hydrogens (tertiary/aromatic N) is 1. The first-order valence-corrected chi connectivity index (χ1v) is 11.1. The largest absolute Gasteiger partial charge is 0.289 e. The van der Waals surface area contributed by atoms with Crippen molar-refractivity contribution in [3.63, 3.8) is 0 Å². The van der Waals surface area contributed by atoms with Gasteiger partial charge in [0.25, 0.3) is 5.69 Å². The molecular formula is C18H23ClN2O4S. The first-order chi connectivity index (χ1) is 12.2. The van der Waals surface area contributed by atoms with E-state index in [0.717, 1.165) is 17.9 Å². The molecule has 142 valence electrons. The lowest BCUT2D eigenvalue weighted by molar-refractivity contribution is -0.384. The topological polar surface area (TPSA) is 89.3 Å². The first kappa shape index (κ1) is 18.2. The van der Waals surface area contributed by atoms with Gasteiger partial charge in [-0.2, -0.15) is 0 Å². The van der Waals surface area contributed by atoms with Crippen molar-refractivity contribution in [2.75, 3.05) is 0 Å². The summed E-state index contributed by atoms with van der Waals surface area (Å²) in [5.41, 5.74) is -0.392. The monoisotopic (exact) mass is 398 g/mol. The van der Waals surface area contributed by atoms with E-state index in [2.05, 4.69) is 4.72 Å². The zero-order valence-electron chi connectivity index (χ0n) is 14.6. The van der Waals surface area contributed by atoms with Crippen molar-refractivity contribution in [2.45, 2.75) is 50.0 Å². The molecule has 4 saturated carbocycles. The Hall–Kier alpha value is -1.18. The Labute approximate surface area is 158 Å². The predicted molar refractivity (Wildman–Crippen MR) is 98.4 cm³/mol. The Morgan fingerprint density at radius 2 is 1.73 bits per heavy atom. The van der Waals surface area contributed by atoms with Gasteiger partial charge in [0.2, 0.25) is 10.0 Å². The van der Waals surface area contributed by atoms with Crippen LogP contribution in [0.15, 0.2) is 23.1 Å². The fourth-order valence-corrected chi connectivity index (χ4v) is 7.46. The highest BCUT2D eigenvalue weighted by molar-refractivity contribution is 7.89. The zero-order chi connectivity index (χ0) is 18.6. The minimum absolute atomic E-state index is 0.0666. The second kappa shape index (κ2) is 6.46. The van der Waals surface area contributed by atoms with Crippen LogP contribution in [0.4, 0.5) is 5.69 Å². The van der Waals surface area contributed by atoms with E-state index in [1.807, 2.05) is 6.92 Å². The molecule has 4 aliphatic carbocycles. The molecule has 0 aliphatic heterocycles. The summed E-state index contributed by atoms with van der Waals surface area (Å²) in [6, 6.07) is 3.45. The average molecular weight is 399 g/mol. The van der Waals surface area contributed by atoms with Crippen LogP contribution in [-0.2, 0) is 10.0 Å². The second-order valence-electron chi connectivity index (χ2n) is 8.29. The van der Waals surface area contributed by atoms with Crippen LogP contribution in [-0.4, -0.2) is 19.4 Å². The van der Waals surface area contributed by atoms with E-state index in [1.54, 1.807) is 0 Å². The third-order valence-electron chi connectivity index (χ3n) is 6.64. The van der Waals surface area contributed by atoms with Crippen molar-refractivity contribution in [1.29, 1.82) is 0 Å². The summed E-state index contributed by atoms with van der Waals surface area (Å²) in [5.74, 6) is 3.22. The molecule has 1 atom stereocenters. The fourth-order valence-electron chi connectivity index (χ4n) is 5.97. The molecule has 1 N–H and O–H groups in total. The Morgan fingerprint density at radius 1 is 1.15 bits per heavy atom. The SMILES string of the molecule is C[C@H](NS(=O)(=O)c1ccc(Cl)c([N+](=O)[O-])c1)C1C2CC3CC(C2)CC1C3. The average Bonchev–Trinajstić information content (AvgIpc) is 2.53. The van der Waals surface area contributed by atoms with Gasteiger partial charge < -0.3 is 0 Å². The quantitative estimate of drug-likeness (QED) is 0.599. The number of benzene rings is 1. The van der Waals surface area contributed by atoms with Gasteiger partial charge in [0.1, 0.15) is 5.02 Å². The summed E-state index contributed by atoms with van der Waals surface area (Å²) in [6.07, 6.45) is 6.23. The maximum atomic E-state index is 12.8. The highest BCUT2D eigenvalue weighted by atomic mass is 35.5. The van der Waals surface area contributed by atoms with Gasteiger partial charge in [-0.05, 0) is 80.8 Å². The van der Waals surface area contributed by atoms with Crippen molar-refractivity contribution in [2.24, 2.45) is 29.6 Å². The Balaban J connectivity index is 1.54. The van der Waals surface area contributed by atoms with E-state index in [0.29, 0.717) is 17.8 Å². The van der Waals surface area contributed by atoms with Crippen molar-refractivity contribution in [3.8, 4) is 0 Å². The molecule has 0 radical (unpaired) electrons. The first-order valence-electron chi connectivity index (χ1n) is 9.21. The fraction of sp³-hybridized carbons (Fsp3) is 0.667. The normalized spacial score (nSPS) is 34.0. The number of nitro benzene ring substituents is 1. The maximum absolute atomic E-state index is 12.8. The maximum Gasteiger partial charge on any atom is 0.289 e. The minimum atomic E-state index is -3.83. The number of nitro groups is 1. The van der Waals surface area contributed by atoms with E-state index in [9.17, 15) is 18.5 Å². The number of hydrogen-bond donors (Lipinski definition) is 1. The van der Waals surface area contributed by atoms with Crippen LogP contribution in [0.3, 0.4) is 0 Å². The van der Waals surface area contributed by atoms with E-state index < -0.39 is 20.6 Å². The van der Waals surface area contributed by atoms with E-state index in [-0.39, 0.29) is 16.0 Å². The molecule has 8 heteroatoms. The summed E-state index contributed by atoms with van der Waals surface area (Å²) >= 11 is 5.79. The lowest BCUT2D eigenvalue weighted by Gasteiger charge is -2.56. The third-order valence-corrected chi connectivity index (χ3v) is 8.52. The molecule has 4 aliphatic rings. The summed E-state index contributed by atoms with van der Waals surface area (Å²) in [4.78, 5) is 10.3. The highest BCUT2D eigenvalue weighted by Gasteiger charge is 2.50. The molecule has 1 aromatic carbocycles. The van der Waals surface area contributed by atoms with Crippen LogP contribution >= 0.6 is 11.6 Å². The van der Waals surface area contributed by atoms with Gasteiger partial charge in [0.05, 0.1) is 9.82 Å². The lowest BCUT2D eigenvalue weighted by atomic mass is 9.51. The Kier molecular flexibility index (Phi) is 4.52. The summed E-state index contributed by atoms with van der Waals surface area (Å²) < 4.78 is 28.4. The van der Waals surface area contributed by atoms with Crippen LogP contribution in [0.1, 0.15) is 39.0 Å². The Morgan fingerprint density at radius 3 is 2.27 bits per heavy atom. The summed E-state index contributed by atoms with van der Waals surface area (Å²) in [7, 11) is -3.83. The van der Waals surface area contributed by atoms with E-state index in [1.165, 1.54) is 44.2 Å². The minimum Gasteiger partial charge on any atom is -0.258 e. The van der Waals surface area contributed by atoms with Crippen molar-refractivity contribution >= 4 is 27.3 Å².